The molecule has 13 heteroatoms. The van der Waals surface area contributed by atoms with Crippen LogP contribution in [0.4, 0.5) is 44.3 Å². The smallest absolute Gasteiger partial charge is 0.416 e. The van der Waals surface area contributed by atoms with E-state index in [1.807, 2.05) is 0 Å². The summed E-state index contributed by atoms with van der Waals surface area (Å²) in [5, 5.41) is 0. The molecule has 4 nitrogen and oxygen atoms in total. The molecule has 2 aromatic rings. The minimum absolute atomic E-state index is 0.0332. The number of methoxy groups -OCH3 is 1. The van der Waals surface area contributed by atoms with E-state index in [0.717, 1.165) is 42.7 Å². The lowest BCUT2D eigenvalue weighted by molar-refractivity contribution is -0.143. The van der Waals surface area contributed by atoms with Crippen LogP contribution in [0.5, 0.6) is 0 Å². The summed E-state index contributed by atoms with van der Waals surface area (Å²) >= 11 is 0. The Hall–Kier alpha value is -2.96. The van der Waals surface area contributed by atoms with Crippen molar-refractivity contribution in [1.82, 2.24) is 4.90 Å². The molecule has 2 fully saturated rings. The number of hydrogen-bond acceptors (Lipinski definition) is 3. The van der Waals surface area contributed by atoms with Gasteiger partial charge in [-0.1, -0.05) is 31.7 Å². The Bertz CT molecular complexity index is 1230. The van der Waals surface area contributed by atoms with E-state index in [4.69, 9.17) is 9.47 Å². The van der Waals surface area contributed by atoms with E-state index in [1.165, 1.54) is 20.1 Å². The number of cyclic esters (lactones) is 1. The van der Waals surface area contributed by atoms with E-state index in [2.05, 4.69) is 0 Å². The predicted molar refractivity (Wildman–Crippen MR) is 129 cm³/mol. The molecule has 2 aromatic carbocycles. The lowest BCUT2D eigenvalue weighted by Gasteiger charge is -2.35. The summed E-state index contributed by atoms with van der Waals surface area (Å²) in [5.41, 5.74) is -5.02. The Morgan fingerprint density at radius 2 is 1.37 bits per heavy atom. The number of amides is 1. The highest BCUT2D eigenvalue weighted by atomic mass is 19.4. The van der Waals surface area contributed by atoms with Gasteiger partial charge < -0.3 is 9.47 Å². The second-order valence-electron chi connectivity index (χ2n) is 10.5. The highest BCUT2D eigenvalue weighted by Gasteiger charge is 2.45. The van der Waals surface area contributed by atoms with E-state index in [0.29, 0.717) is 30.5 Å². The van der Waals surface area contributed by atoms with Crippen molar-refractivity contribution in [3.63, 3.8) is 0 Å². The summed E-state index contributed by atoms with van der Waals surface area (Å²) in [5.74, 6) is 0. The van der Waals surface area contributed by atoms with Gasteiger partial charge in [-0.25, -0.2) is 4.79 Å². The molecule has 41 heavy (non-hydrogen) atoms. The maximum Gasteiger partial charge on any atom is 0.416 e. The molecule has 1 heterocycles. The largest absolute Gasteiger partial charge is 0.439 e. The molecule has 226 valence electrons. The molecule has 2 aliphatic rings. The van der Waals surface area contributed by atoms with Crippen molar-refractivity contribution in [1.29, 1.82) is 0 Å². The zero-order chi connectivity index (χ0) is 30.4. The highest BCUT2D eigenvalue weighted by Crippen LogP contribution is 2.45. The van der Waals surface area contributed by atoms with E-state index >= 15 is 0 Å². The molecule has 1 saturated heterocycles. The van der Waals surface area contributed by atoms with E-state index in [9.17, 15) is 44.3 Å². The predicted octanol–water partition coefficient (Wildman–Crippen LogP) is 9.02. The Balaban J connectivity index is 1.75. The fourth-order valence-electron chi connectivity index (χ4n) is 5.71. The second kappa shape index (κ2) is 11.0. The third-order valence-electron chi connectivity index (χ3n) is 7.90. The lowest BCUT2D eigenvalue weighted by Crippen LogP contribution is -2.35. The number of carbonyl (C=O) groups is 1. The van der Waals surface area contributed by atoms with Crippen molar-refractivity contribution >= 4 is 6.09 Å². The molecular formula is C28H28F9NO3. The van der Waals surface area contributed by atoms with Crippen molar-refractivity contribution in [3.05, 3.63) is 69.8 Å². The minimum Gasteiger partial charge on any atom is -0.439 e. The van der Waals surface area contributed by atoms with Crippen LogP contribution in [-0.2, 0) is 40.1 Å². The SMILES string of the molecule is COC1(c2ccc(C(F)(F)F)cc2CN2C(=O)O[C@@H](c3cc(C(F)(F)F)cc(C(F)(F)F)c3)[C@H]2C)CCCCCC1. The monoisotopic (exact) mass is 597 g/mol. The average Bonchev–Trinajstić information content (AvgIpc) is 3.04. The normalized spacial score (nSPS) is 22.0. The summed E-state index contributed by atoms with van der Waals surface area (Å²) in [6.07, 6.45) is -13.1. The summed E-state index contributed by atoms with van der Waals surface area (Å²) in [6.45, 7) is 0.931. The number of hydrogen-bond donors (Lipinski definition) is 0. The molecular weight excluding hydrogens is 569 g/mol. The van der Waals surface area contributed by atoms with Crippen molar-refractivity contribution in [3.8, 4) is 0 Å². The van der Waals surface area contributed by atoms with E-state index < -0.39 is 71.2 Å². The average molecular weight is 598 g/mol. The van der Waals surface area contributed by atoms with Crippen molar-refractivity contribution in [2.45, 2.75) is 88.3 Å². The van der Waals surface area contributed by atoms with Gasteiger partial charge in [0.05, 0.1) is 28.3 Å². The topological polar surface area (TPSA) is 38.8 Å². The Kier molecular flexibility index (Phi) is 8.34. The molecule has 4 rings (SSSR count). The van der Waals surface area contributed by atoms with Crippen LogP contribution < -0.4 is 0 Å². The molecule has 0 unspecified atom stereocenters. The number of nitrogens with zero attached hydrogens (tertiary/aromatic N) is 1. The van der Waals surface area contributed by atoms with Crippen LogP contribution in [0.3, 0.4) is 0 Å². The molecule has 2 atom stereocenters. The maximum absolute atomic E-state index is 13.7. The number of ether oxygens (including phenoxy) is 2. The number of benzene rings is 2. The summed E-state index contributed by atoms with van der Waals surface area (Å²) in [6, 6.07) is 2.97. The van der Waals surface area contributed by atoms with E-state index in [1.54, 1.807) is 0 Å². The van der Waals surface area contributed by atoms with Crippen molar-refractivity contribution in [2.75, 3.05) is 7.11 Å². The third kappa shape index (κ3) is 6.44. The molecule has 1 aliphatic carbocycles. The minimum atomic E-state index is -5.11. The van der Waals surface area contributed by atoms with Crippen LogP contribution in [0.2, 0.25) is 0 Å². The van der Waals surface area contributed by atoms with Gasteiger partial charge in [0.1, 0.15) is 6.10 Å². The van der Waals surface area contributed by atoms with E-state index in [-0.39, 0.29) is 11.6 Å². The first-order valence-electron chi connectivity index (χ1n) is 13.0. The standard InChI is InChI=1S/C28H28F9NO3/c1-16-23(17-11-20(27(32,33)34)14-21(12-17)28(35,36)37)41-24(39)38(16)15-18-13-19(26(29,30)31)7-8-22(18)25(40-2)9-5-3-4-6-10-25/h7-8,11-14,16,23H,3-6,9-10,15H2,1-2H3/t16-,23-/m1/s1. The Labute approximate surface area is 230 Å². The highest BCUT2D eigenvalue weighted by molar-refractivity contribution is 5.71. The summed E-state index contributed by atoms with van der Waals surface area (Å²) < 4.78 is 133. The molecule has 0 aromatic heterocycles. The van der Waals surface area contributed by atoms with Crippen molar-refractivity contribution < 1.29 is 53.8 Å². The zero-order valence-electron chi connectivity index (χ0n) is 22.1. The Morgan fingerprint density at radius 3 is 1.85 bits per heavy atom. The van der Waals surface area contributed by atoms with Gasteiger partial charge in [0.15, 0.2) is 0 Å². The van der Waals surface area contributed by atoms with Crippen LogP contribution in [-0.4, -0.2) is 24.1 Å². The van der Waals surface area contributed by atoms with Gasteiger partial charge in [-0.3, -0.25) is 4.90 Å². The fraction of sp³-hybridized carbons (Fsp3) is 0.536. The van der Waals surface area contributed by atoms with Crippen molar-refractivity contribution in [2.24, 2.45) is 0 Å². The molecule has 1 saturated carbocycles. The fourth-order valence-corrected chi connectivity index (χ4v) is 5.71. The first kappa shape index (κ1) is 31.0. The number of alkyl halides is 9. The Morgan fingerprint density at radius 1 is 0.829 bits per heavy atom. The third-order valence-corrected chi connectivity index (χ3v) is 7.90. The van der Waals surface area contributed by atoms with Crippen LogP contribution in [0.25, 0.3) is 0 Å². The van der Waals surface area contributed by atoms with Gasteiger partial charge >= 0.3 is 24.6 Å². The quantitative estimate of drug-likeness (QED) is 0.255. The van der Waals surface area contributed by atoms with Crippen LogP contribution in [0.1, 0.15) is 84.9 Å². The second-order valence-corrected chi connectivity index (χ2v) is 10.5. The van der Waals surface area contributed by atoms with Crippen LogP contribution in [0, 0.1) is 0 Å². The number of halogens is 9. The number of rotatable bonds is 5. The molecule has 0 spiro atoms. The van der Waals surface area contributed by atoms with Crippen LogP contribution >= 0.6 is 0 Å². The molecule has 1 amide bonds. The van der Waals surface area contributed by atoms with Gasteiger partial charge in [0, 0.05) is 13.7 Å². The van der Waals surface area contributed by atoms with Gasteiger partial charge in [-0.15, -0.1) is 0 Å². The van der Waals surface area contributed by atoms with Crippen LogP contribution in [0.15, 0.2) is 36.4 Å². The van der Waals surface area contributed by atoms with Gasteiger partial charge in [0.2, 0.25) is 0 Å². The first-order valence-corrected chi connectivity index (χ1v) is 13.0. The lowest BCUT2D eigenvalue weighted by atomic mass is 9.82. The van der Waals surface area contributed by atoms with Gasteiger partial charge in [-0.05, 0) is 66.8 Å². The summed E-state index contributed by atoms with van der Waals surface area (Å²) in [4.78, 5) is 13.9. The summed E-state index contributed by atoms with van der Waals surface area (Å²) in [7, 11) is 1.46. The molecule has 0 bridgehead atoms. The van der Waals surface area contributed by atoms with Gasteiger partial charge in [0.25, 0.3) is 0 Å². The number of carbonyl (C=O) groups excluding carboxylic acids is 1. The molecule has 0 N–H and O–H groups in total. The maximum atomic E-state index is 13.7. The van der Waals surface area contributed by atoms with Gasteiger partial charge in [-0.2, -0.15) is 39.5 Å². The molecule has 1 aliphatic heterocycles. The zero-order valence-corrected chi connectivity index (χ0v) is 22.1. The molecule has 0 radical (unpaired) electrons. The first-order chi connectivity index (χ1) is 19.0.